The molecule has 1 aromatic heterocycles. The summed E-state index contributed by atoms with van der Waals surface area (Å²) in [6.07, 6.45) is 9.21. The fraction of sp³-hybridized carbons (Fsp3) is 0.600. The number of methoxy groups -OCH3 is 1. The summed E-state index contributed by atoms with van der Waals surface area (Å²) in [4.78, 5) is 2.66. The highest BCUT2D eigenvalue weighted by Crippen LogP contribution is 2.46. The number of benzene rings is 1. The molecule has 2 heterocycles. The van der Waals surface area contributed by atoms with Crippen LogP contribution in [0.15, 0.2) is 30.5 Å². The Balaban J connectivity index is 1.52. The fourth-order valence-electron chi connectivity index (χ4n) is 5.00. The first kappa shape index (κ1) is 15.2. The van der Waals surface area contributed by atoms with Crippen molar-refractivity contribution >= 4 is 10.9 Å². The minimum absolute atomic E-state index is 0.419. The van der Waals surface area contributed by atoms with Gasteiger partial charge in [0.15, 0.2) is 0 Å². The van der Waals surface area contributed by atoms with E-state index >= 15 is 0 Å². The molecule has 2 fully saturated rings. The highest BCUT2D eigenvalue weighted by molar-refractivity contribution is 5.80. The van der Waals surface area contributed by atoms with Crippen LogP contribution in [0.5, 0.6) is 0 Å². The van der Waals surface area contributed by atoms with Crippen molar-refractivity contribution in [1.29, 1.82) is 0 Å². The van der Waals surface area contributed by atoms with Gasteiger partial charge in [0.05, 0.1) is 6.10 Å². The van der Waals surface area contributed by atoms with Crippen molar-refractivity contribution in [2.45, 2.75) is 44.8 Å². The number of hydrogen-bond acceptors (Lipinski definition) is 2. The monoisotopic (exact) mass is 312 g/mol. The second kappa shape index (κ2) is 5.95. The lowest BCUT2D eigenvalue weighted by molar-refractivity contribution is -0.0366. The lowest BCUT2D eigenvalue weighted by Crippen LogP contribution is -2.47. The Labute approximate surface area is 139 Å². The summed E-state index contributed by atoms with van der Waals surface area (Å²) in [6, 6.07) is 9.11. The van der Waals surface area contributed by atoms with Crippen LogP contribution >= 0.6 is 0 Å². The number of piperidine rings is 1. The van der Waals surface area contributed by atoms with Crippen molar-refractivity contribution in [2.75, 3.05) is 20.2 Å². The Morgan fingerprint density at radius 3 is 2.96 bits per heavy atom. The molecule has 1 aliphatic heterocycles. The highest BCUT2D eigenvalue weighted by atomic mass is 16.5. The van der Waals surface area contributed by atoms with E-state index in [9.17, 15) is 0 Å². The van der Waals surface area contributed by atoms with E-state index in [4.69, 9.17) is 4.74 Å². The SMILES string of the molecule is CO[C@@H]1CCC[C@]12CCCN(Cc1ccc3ccn(C)c3c1)C2. The topological polar surface area (TPSA) is 17.4 Å². The maximum atomic E-state index is 5.84. The summed E-state index contributed by atoms with van der Waals surface area (Å²) in [7, 11) is 4.03. The van der Waals surface area contributed by atoms with Crippen LogP contribution in [0, 0.1) is 5.41 Å². The Hall–Kier alpha value is -1.32. The first-order valence-electron chi connectivity index (χ1n) is 8.99. The van der Waals surface area contributed by atoms with Gasteiger partial charge in [0.1, 0.15) is 0 Å². The standard InChI is InChI=1S/C20H28N2O/c1-21-12-8-17-7-6-16(13-18(17)21)14-22-11-4-10-20(15-22)9-3-5-19(20)23-2/h6-8,12-13,19H,3-5,9-11,14-15H2,1-2H3/t19-,20-/m1/s1. The normalized spacial score (nSPS) is 28.9. The van der Waals surface area contributed by atoms with Gasteiger partial charge in [0, 0.05) is 44.4 Å². The van der Waals surface area contributed by atoms with Crippen LogP contribution in [0.4, 0.5) is 0 Å². The minimum Gasteiger partial charge on any atom is -0.381 e. The molecule has 1 saturated carbocycles. The summed E-state index contributed by atoms with van der Waals surface area (Å²) < 4.78 is 8.05. The van der Waals surface area contributed by atoms with E-state index in [0.717, 1.165) is 6.54 Å². The predicted octanol–water partition coefficient (Wildman–Crippen LogP) is 3.96. The Kier molecular flexibility index (Phi) is 3.94. The lowest BCUT2D eigenvalue weighted by atomic mass is 9.76. The van der Waals surface area contributed by atoms with Crippen molar-refractivity contribution in [3.8, 4) is 0 Å². The maximum absolute atomic E-state index is 5.84. The van der Waals surface area contributed by atoms with E-state index in [-0.39, 0.29) is 0 Å². The zero-order chi connectivity index (χ0) is 15.9. The molecule has 1 saturated heterocycles. The molecule has 3 heteroatoms. The van der Waals surface area contributed by atoms with E-state index in [1.807, 2.05) is 7.11 Å². The summed E-state index contributed by atoms with van der Waals surface area (Å²) in [6.45, 7) is 3.50. The molecule has 0 bridgehead atoms. The number of aromatic nitrogens is 1. The van der Waals surface area contributed by atoms with Gasteiger partial charge < -0.3 is 9.30 Å². The second-order valence-corrected chi connectivity index (χ2v) is 7.61. The van der Waals surface area contributed by atoms with Crippen LogP contribution in [0.1, 0.15) is 37.7 Å². The van der Waals surface area contributed by atoms with E-state index in [1.54, 1.807) is 0 Å². The van der Waals surface area contributed by atoms with Gasteiger partial charge in [-0.15, -0.1) is 0 Å². The molecule has 0 unspecified atom stereocenters. The fourth-order valence-corrected chi connectivity index (χ4v) is 5.00. The van der Waals surface area contributed by atoms with Crippen molar-refractivity contribution in [3.05, 3.63) is 36.0 Å². The predicted molar refractivity (Wildman–Crippen MR) is 94.5 cm³/mol. The average Bonchev–Trinajstić information content (AvgIpc) is 3.11. The molecule has 2 atom stereocenters. The molecule has 4 rings (SSSR count). The Morgan fingerprint density at radius 1 is 1.22 bits per heavy atom. The largest absolute Gasteiger partial charge is 0.381 e. The number of nitrogens with zero attached hydrogens (tertiary/aromatic N) is 2. The third-order valence-corrected chi connectivity index (χ3v) is 6.15. The smallest absolute Gasteiger partial charge is 0.0639 e. The molecule has 2 aliphatic rings. The van der Waals surface area contributed by atoms with Gasteiger partial charge in [-0.2, -0.15) is 0 Å². The molecule has 0 radical (unpaired) electrons. The van der Waals surface area contributed by atoms with Crippen LogP contribution < -0.4 is 0 Å². The van der Waals surface area contributed by atoms with E-state index in [1.165, 1.54) is 61.7 Å². The molecule has 1 spiro atoms. The van der Waals surface area contributed by atoms with Gasteiger partial charge in [-0.3, -0.25) is 4.90 Å². The molecule has 2 aromatic rings. The van der Waals surface area contributed by atoms with Gasteiger partial charge >= 0.3 is 0 Å². The Bertz CT molecular complexity index is 692. The van der Waals surface area contributed by atoms with E-state index < -0.39 is 0 Å². The van der Waals surface area contributed by atoms with Crippen molar-refractivity contribution in [2.24, 2.45) is 12.5 Å². The van der Waals surface area contributed by atoms with Crippen molar-refractivity contribution < 1.29 is 4.74 Å². The third kappa shape index (κ3) is 2.70. The van der Waals surface area contributed by atoms with Gasteiger partial charge in [-0.05, 0) is 55.3 Å². The van der Waals surface area contributed by atoms with Crippen LogP contribution in [0.2, 0.25) is 0 Å². The zero-order valence-corrected chi connectivity index (χ0v) is 14.4. The summed E-state index contributed by atoms with van der Waals surface area (Å²) in [5, 5.41) is 1.33. The van der Waals surface area contributed by atoms with Gasteiger partial charge in [-0.1, -0.05) is 18.6 Å². The molecule has 124 valence electrons. The molecular weight excluding hydrogens is 284 g/mol. The number of aryl methyl sites for hydroxylation is 1. The number of fused-ring (bicyclic) bond motifs is 1. The van der Waals surface area contributed by atoms with Crippen LogP contribution in [-0.2, 0) is 18.3 Å². The average molecular weight is 312 g/mol. The molecule has 0 N–H and O–H groups in total. The number of ether oxygens (including phenoxy) is 1. The lowest BCUT2D eigenvalue weighted by Gasteiger charge is -2.43. The van der Waals surface area contributed by atoms with E-state index in [0.29, 0.717) is 11.5 Å². The summed E-state index contributed by atoms with van der Waals surface area (Å²) in [5.41, 5.74) is 3.19. The molecule has 23 heavy (non-hydrogen) atoms. The van der Waals surface area contributed by atoms with Crippen LogP contribution in [0.3, 0.4) is 0 Å². The maximum Gasteiger partial charge on any atom is 0.0639 e. The van der Waals surface area contributed by atoms with Crippen molar-refractivity contribution in [3.63, 3.8) is 0 Å². The first-order chi connectivity index (χ1) is 11.2. The third-order valence-electron chi connectivity index (χ3n) is 6.15. The number of hydrogen-bond donors (Lipinski definition) is 0. The van der Waals surface area contributed by atoms with Crippen LogP contribution in [-0.4, -0.2) is 35.8 Å². The van der Waals surface area contributed by atoms with E-state index in [2.05, 4.69) is 47.0 Å². The Morgan fingerprint density at radius 2 is 2.09 bits per heavy atom. The van der Waals surface area contributed by atoms with Gasteiger partial charge in [-0.25, -0.2) is 0 Å². The van der Waals surface area contributed by atoms with Gasteiger partial charge in [0.2, 0.25) is 0 Å². The summed E-state index contributed by atoms with van der Waals surface area (Å²) >= 11 is 0. The molecule has 0 amide bonds. The first-order valence-corrected chi connectivity index (χ1v) is 8.99. The molecule has 1 aliphatic carbocycles. The zero-order valence-electron chi connectivity index (χ0n) is 14.4. The van der Waals surface area contributed by atoms with Crippen LogP contribution in [0.25, 0.3) is 10.9 Å². The van der Waals surface area contributed by atoms with Gasteiger partial charge in [0.25, 0.3) is 0 Å². The molecule has 3 nitrogen and oxygen atoms in total. The molecule has 1 aromatic carbocycles. The second-order valence-electron chi connectivity index (χ2n) is 7.61. The summed E-state index contributed by atoms with van der Waals surface area (Å²) in [5.74, 6) is 0. The number of likely N-dealkylation sites (tertiary alicyclic amines) is 1. The minimum atomic E-state index is 0.419. The van der Waals surface area contributed by atoms with Crippen molar-refractivity contribution in [1.82, 2.24) is 9.47 Å². The highest BCUT2D eigenvalue weighted by Gasteiger charge is 2.45. The molecular formula is C20H28N2O. The quantitative estimate of drug-likeness (QED) is 0.853. The number of rotatable bonds is 3.